The molecule has 4 heteroatoms. The van der Waals surface area contributed by atoms with E-state index in [1.54, 1.807) is 42.5 Å². The molecule has 0 heterocycles. The van der Waals surface area contributed by atoms with Crippen molar-refractivity contribution in [3.05, 3.63) is 59.2 Å². The molecular formula is C16H14N2O2. The van der Waals surface area contributed by atoms with Gasteiger partial charge in [0.2, 0.25) is 5.91 Å². The monoisotopic (exact) mass is 266 g/mol. The van der Waals surface area contributed by atoms with Crippen molar-refractivity contribution in [1.29, 1.82) is 5.26 Å². The zero-order chi connectivity index (χ0) is 14.5. The summed E-state index contributed by atoms with van der Waals surface area (Å²) >= 11 is 0. The van der Waals surface area contributed by atoms with Gasteiger partial charge in [0.1, 0.15) is 5.75 Å². The molecule has 4 nitrogen and oxygen atoms in total. The number of anilines is 1. The quantitative estimate of drug-likeness (QED) is 0.897. The molecule has 2 aromatic rings. The highest BCUT2D eigenvalue weighted by Gasteiger charge is 2.09. The fourth-order valence-corrected chi connectivity index (χ4v) is 1.85. The van der Waals surface area contributed by atoms with Gasteiger partial charge >= 0.3 is 0 Å². The second-order valence-electron chi connectivity index (χ2n) is 4.50. The van der Waals surface area contributed by atoms with Crippen LogP contribution in [0.2, 0.25) is 0 Å². The average Bonchev–Trinajstić information content (AvgIpc) is 2.44. The molecule has 0 aliphatic carbocycles. The van der Waals surface area contributed by atoms with Gasteiger partial charge in [0.25, 0.3) is 0 Å². The first-order chi connectivity index (χ1) is 9.60. The van der Waals surface area contributed by atoms with Gasteiger partial charge in [-0.2, -0.15) is 5.26 Å². The lowest BCUT2D eigenvalue weighted by atomic mass is 10.1. The molecular weight excluding hydrogens is 252 g/mol. The Hall–Kier alpha value is -2.80. The summed E-state index contributed by atoms with van der Waals surface area (Å²) in [6.07, 6.45) is 0.0862. The number of hydrogen-bond donors (Lipinski definition) is 2. The van der Waals surface area contributed by atoms with Crippen LogP contribution in [0.3, 0.4) is 0 Å². The van der Waals surface area contributed by atoms with E-state index >= 15 is 0 Å². The molecule has 0 aromatic heterocycles. The van der Waals surface area contributed by atoms with Crippen LogP contribution < -0.4 is 5.32 Å². The van der Waals surface area contributed by atoms with Crippen molar-refractivity contribution in [3.8, 4) is 11.8 Å². The van der Waals surface area contributed by atoms with Crippen molar-refractivity contribution in [3.63, 3.8) is 0 Å². The Kier molecular flexibility index (Phi) is 4.02. The maximum atomic E-state index is 12.0. The number of amides is 1. The number of phenols is 1. The predicted octanol–water partition coefficient (Wildman–Crippen LogP) is 2.75. The zero-order valence-electron chi connectivity index (χ0n) is 11.1. The Balaban J connectivity index is 2.13. The fourth-order valence-electron chi connectivity index (χ4n) is 1.85. The third-order valence-corrected chi connectivity index (χ3v) is 2.98. The molecule has 2 rings (SSSR count). The Morgan fingerprint density at radius 2 is 2.05 bits per heavy atom. The van der Waals surface area contributed by atoms with E-state index in [0.29, 0.717) is 16.8 Å². The number of para-hydroxylation sites is 1. The SMILES string of the molecule is Cc1ccc(C#N)cc1NC(=O)Cc1ccccc1O. The molecule has 2 aromatic carbocycles. The van der Waals surface area contributed by atoms with E-state index in [0.717, 1.165) is 5.56 Å². The second-order valence-corrected chi connectivity index (χ2v) is 4.50. The van der Waals surface area contributed by atoms with Gasteiger partial charge < -0.3 is 10.4 Å². The number of hydrogen-bond acceptors (Lipinski definition) is 3. The van der Waals surface area contributed by atoms with Gasteiger partial charge in [0.05, 0.1) is 18.1 Å². The van der Waals surface area contributed by atoms with Crippen LogP contribution in [0.4, 0.5) is 5.69 Å². The average molecular weight is 266 g/mol. The predicted molar refractivity (Wildman–Crippen MR) is 76.3 cm³/mol. The summed E-state index contributed by atoms with van der Waals surface area (Å²) in [5.41, 5.74) is 2.56. The first-order valence-corrected chi connectivity index (χ1v) is 6.17. The molecule has 0 aliphatic rings. The third-order valence-electron chi connectivity index (χ3n) is 2.98. The molecule has 0 saturated heterocycles. The summed E-state index contributed by atoms with van der Waals surface area (Å²) < 4.78 is 0. The van der Waals surface area contributed by atoms with Gasteiger partial charge in [-0.3, -0.25) is 4.79 Å². The highest BCUT2D eigenvalue weighted by molar-refractivity contribution is 5.93. The summed E-state index contributed by atoms with van der Waals surface area (Å²) in [4.78, 5) is 12.0. The van der Waals surface area contributed by atoms with Crippen LogP contribution >= 0.6 is 0 Å². The second kappa shape index (κ2) is 5.89. The van der Waals surface area contributed by atoms with Gasteiger partial charge in [0, 0.05) is 11.3 Å². The molecule has 0 atom stereocenters. The number of nitrogens with zero attached hydrogens (tertiary/aromatic N) is 1. The van der Waals surface area contributed by atoms with E-state index in [-0.39, 0.29) is 18.1 Å². The third kappa shape index (κ3) is 3.15. The van der Waals surface area contributed by atoms with Crippen LogP contribution in [-0.2, 0) is 11.2 Å². The van der Waals surface area contributed by atoms with Crippen molar-refractivity contribution < 1.29 is 9.90 Å². The smallest absolute Gasteiger partial charge is 0.228 e. The molecule has 0 saturated carbocycles. The van der Waals surface area contributed by atoms with Crippen molar-refractivity contribution in [2.75, 3.05) is 5.32 Å². The van der Waals surface area contributed by atoms with E-state index in [4.69, 9.17) is 5.26 Å². The first-order valence-electron chi connectivity index (χ1n) is 6.17. The first kappa shape index (κ1) is 13.6. The van der Waals surface area contributed by atoms with Crippen LogP contribution in [0, 0.1) is 18.3 Å². The number of phenolic OH excluding ortho intramolecular Hbond substituents is 1. The fraction of sp³-hybridized carbons (Fsp3) is 0.125. The summed E-state index contributed by atoms with van der Waals surface area (Å²) in [5.74, 6) is -0.130. The highest BCUT2D eigenvalue weighted by Crippen LogP contribution is 2.19. The van der Waals surface area contributed by atoms with Gasteiger partial charge in [-0.05, 0) is 30.7 Å². The molecule has 0 unspecified atom stereocenters. The Bertz CT molecular complexity index is 687. The normalized spacial score (nSPS) is 9.80. The topological polar surface area (TPSA) is 73.1 Å². The van der Waals surface area contributed by atoms with Crippen molar-refractivity contribution in [1.82, 2.24) is 0 Å². The van der Waals surface area contributed by atoms with Gasteiger partial charge in [-0.15, -0.1) is 0 Å². The molecule has 0 bridgehead atoms. The van der Waals surface area contributed by atoms with Crippen LogP contribution in [0.15, 0.2) is 42.5 Å². The van der Waals surface area contributed by atoms with Gasteiger partial charge in [0.15, 0.2) is 0 Å². The number of benzene rings is 2. The largest absolute Gasteiger partial charge is 0.508 e. The zero-order valence-corrected chi connectivity index (χ0v) is 11.1. The van der Waals surface area contributed by atoms with Crippen LogP contribution in [0.5, 0.6) is 5.75 Å². The van der Waals surface area contributed by atoms with Gasteiger partial charge in [-0.25, -0.2) is 0 Å². The molecule has 0 radical (unpaired) electrons. The summed E-state index contributed by atoms with van der Waals surface area (Å²) in [7, 11) is 0. The van der Waals surface area contributed by atoms with E-state index in [9.17, 15) is 9.90 Å². The lowest BCUT2D eigenvalue weighted by Crippen LogP contribution is -2.15. The van der Waals surface area contributed by atoms with E-state index < -0.39 is 0 Å². The number of aromatic hydroxyl groups is 1. The van der Waals surface area contributed by atoms with E-state index in [2.05, 4.69) is 5.32 Å². The highest BCUT2D eigenvalue weighted by atomic mass is 16.3. The summed E-state index contributed by atoms with van der Waals surface area (Å²) in [5, 5.41) is 21.3. The maximum Gasteiger partial charge on any atom is 0.228 e. The molecule has 0 fully saturated rings. The molecule has 100 valence electrons. The van der Waals surface area contributed by atoms with Crippen molar-refractivity contribution >= 4 is 11.6 Å². The van der Waals surface area contributed by atoms with Crippen LogP contribution in [0.1, 0.15) is 16.7 Å². The minimum Gasteiger partial charge on any atom is -0.508 e. The standard InChI is InChI=1S/C16H14N2O2/c1-11-6-7-12(10-17)8-14(11)18-16(20)9-13-4-2-3-5-15(13)19/h2-8,19H,9H2,1H3,(H,18,20). The number of nitrogens with one attached hydrogen (secondary N) is 1. The minimum atomic E-state index is -0.232. The van der Waals surface area contributed by atoms with E-state index in [1.807, 2.05) is 13.0 Å². The Morgan fingerprint density at radius 1 is 1.30 bits per heavy atom. The lowest BCUT2D eigenvalue weighted by molar-refractivity contribution is -0.115. The Morgan fingerprint density at radius 3 is 2.75 bits per heavy atom. The number of carbonyl (C=O) groups excluding carboxylic acids is 1. The lowest BCUT2D eigenvalue weighted by Gasteiger charge is -2.09. The van der Waals surface area contributed by atoms with Crippen LogP contribution in [-0.4, -0.2) is 11.0 Å². The van der Waals surface area contributed by atoms with Crippen molar-refractivity contribution in [2.45, 2.75) is 13.3 Å². The Labute approximate surface area is 117 Å². The summed E-state index contributed by atoms with van der Waals surface area (Å²) in [6, 6.07) is 13.9. The van der Waals surface area contributed by atoms with Crippen LogP contribution in [0.25, 0.3) is 0 Å². The van der Waals surface area contributed by atoms with Gasteiger partial charge in [-0.1, -0.05) is 24.3 Å². The number of rotatable bonds is 3. The van der Waals surface area contributed by atoms with Crippen molar-refractivity contribution in [2.24, 2.45) is 0 Å². The number of carbonyl (C=O) groups is 1. The van der Waals surface area contributed by atoms with E-state index in [1.165, 1.54) is 0 Å². The number of aryl methyl sites for hydroxylation is 1. The molecule has 20 heavy (non-hydrogen) atoms. The molecule has 0 spiro atoms. The maximum absolute atomic E-state index is 12.0. The molecule has 0 aliphatic heterocycles. The summed E-state index contributed by atoms with van der Waals surface area (Å²) in [6.45, 7) is 1.86. The minimum absolute atomic E-state index is 0.0862. The number of nitriles is 1. The molecule has 1 amide bonds. The molecule has 2 N–H and O–H groups in total.